The second kappa shape index (κ2) is 11.4. The molecule has 8 nitrogen and oxygen atoms in total. The maximum Gasteiger partial charge on any atom is 0.319 e. The number of benzene rings is 2. The first-order valence-electron chi connectivity index (χ1n) is 10.5. The van der Waals surface area contributed by atoms with E-state index in [-0.39, 0.29) is 37.0 Å². The summed E-state index contributed by atoms with van der Waals surface area (Å²) >= 11 is 5.88. The van der Waals surface area contributed by atoms with E-state index in [0.29, 0.717) is 47.7 Å². The van der Waals surface area contributed by atoms with Gasteiger partial charge in [0.1, 0.15) is 5.75 Å². The summed E-state index contributed by atoms with van der Waals surface area (Å²) < 4.78 is 5.91. The Bertz CT molecular complexity index is 943. The van der Waals surface area contributed by atoms with E-state index in [0.717, 1.165) is 0 Å². The van der Waals surface area contributed by atoms with Gasteiger partial charge in [0, 0.05) is 29.4 Å². The molecule has 2 aromatic rings. The van der Waals surface area contributed by atoms with Crippen molar-refractivity contribution in [3.63, 3.8) is 0 Å². The molecule has 0 heterocycles. The first kappa shape index (κ1) is 23.4. The van der Waals surface area contributed by atoms with Crippen molar-refractivity contribution >= 4 is 35.2 Å². The first-order chi connectivity index (χ1) is 15.4. The van der Waals surface area contributed by atoms with Gasteiger partial charge in [-0.05, 0) is 68.1 Å². The fourth-order valence-corrected chi connectivity index (χ4v) is 3.69. The van der Waals surface area contributed by atoms with Crippen LogP contribution in [-0.2, 0) is 4.79 Å². The normalized spacial score (nSPS) is 17.8. The van der Waals surface area contributed by atoms with E-state index in [1.54, 1.807) is 48.5 Å². The highest BCUT2D eigenvalue weighted by atomic mass is 35.5. The topological polar surface area (TPSA) is 117 Å². The molecule has 0 unspecified atom stereocenters. The standard InChI is InChI=1S/C23H26ClN3O5/c24-17-2-1-3-18(14-17)27-23(31)26-13-12-25-21(28)15-4-8-19(9-5-15)32-20-10-6-16(7-11-20)22(29)30/h1-5,8-9,14,16,20H,6-7,10-13H2,(H,25,28)(H,29,30)(H2,26,27,31)/t16-,20+. The number of carbonyl (C=O) groups is 3. The third kappa shape index (κ3) is 7.16. The minimum atomic E-state index is -0.740. The predicted molar refractivity (Wildman–Crippen MR) is 121 cm³/mol. The molecule has 9 heteroatoms. The SMILES string of the molecule is O=C(NCCNC(=O)c1ccc(O[C@H]2CC[C@@H](C(=O)O)CC2)cc1)Nc1cccc(Cl)c1. The van der Waals surface area contributed by atoms with Crippen molar-refractivity contribution in [1.29, 1.82) is 0 Å². The Morgan fingerprint density at radius 1 is 0.969 bits per heavy atom. The lowest BCUT2D eigenvalue weighted by molar-refractivity contribution is -0.143. The molecule has 1 aliphatic rings. The van der Waals surface area contributed by atoms with Gasteiger partial charge in [0.05, 0.1) is 12.0 Å². The highest BCUT2D eigenvalue weighted by Crippen LogP contribution is 2.28. The Labute approximate surface area is 191 Å². The van der Waals surface area contributed by atoms with Crippen LogP contribution in [-0.4, -0.2) is 42.2 Å². The maximum absolute atomic E-state index is 12.3. The molecule has 1 fully saturated rings. The maximum atomic E-state index is 12.3. The lowest BCUT2D eigenvalue weighted by Gasteiger charge is -2.26. The number of urea groups is 1. The molecule has 0 aromatic heterocycles. The molecule has 170 valence electrons. The van der Waals surface area contributed by atoms with Crippen molar-refractivity contribution in [2.45, 2.75) is 31.8 Å². The number of amides is 3. The van der Waals surface area contributed by atoms with E-state index in [1.165, 1.54) is 0 Å². The van der Waals surface area contributed by atoms with Crippen molar-refractivity contribution in [2.24, 2.45) is 5.92 Å². The van der Waals surface area contributed by atoms with Gasteiger partial charge in [-0.3, -0.25) is 9.59 Å². The van der Waals surface area contributed by atoms with Crippen LogP contribution in [0.5, 0.6) is 5.75 Å². The van der Waals surface area contributed by atoms with Crippen LogP contribution < -0.4 is 20.7 Å². The lowest BCUT2D eigenvalue weighted by atomic mass is 9.87. The van der Waals surface area contributed by atoms with Crippen LogP contribution in [0.25, 0.3) is 0 Å². The molecule has 1 aliphatic carbocycles. The lowest BCUT2D eigenvalue weighted by Crippen LogP contribution is -2.36. The van der Waals surface area contributed by atoms with Gasteiger partial charge in [-0.1, -0.05) is 17.7 Å². The molecule has 3 amide bonds. The number of nitrogens with one attached hydrogen (secondary N) is 3. The summed E-state index contributed by atoms with van der Waals surface area (Å²) in [6, 6.07) is 13.2. The molecule has 0 spiro atoms. The second-order valence-corrected chi connectivity index (χ2v) is 8.04. The minimum Gasteiger partial charge on any atom is -0.490 e. The number of anilines is 1. The zero-order valence-electron chi connectivity index (χ0n) is 17.5. The Hall–Kier alpha value is -3.26. The van der Waals surface area contributed by atoms with Gasteiger partial charge in [-0.15, -0.1) is 0 Å². The van der Waals surface area contributed by atoms with Crippen LogP contribution in [0.2, 0.25) is 5.02 Å². The minimum absolute atomic E-state index is 0.00518. The molecule has 0 saturated heterocycles. The van der Waals surface area contributed by atoms with E-state index in [4.69, 9.17) is 21.4 Å². The number of carboxylic acids is 1. The quantitative estimate of drug-likeness (QED) is 0.446. The summed E-state index contributed by atoms with van der Waals surface area (Å²) in [5, 5.41) is 17.7. The number of aliphatic carboxylic acids is 1. The van der Waals surface area contributed by atoms with Crippen LogP contribution >= 0.6 is 11.6 Å². The van der Waals surface area contributed by atoms with Crippen molar-refractivity contribution in [3.8, 4) is 5.75 Å². The molecule has 32 heavy (non-hydrogen) atoms. The highest BCUT2D eigenvalue weighted by Gasteiger charge is 2.26. The van der Waals surface area contributed by atoms with Gasteiger partial charge in [-0.25, -0.2) is 4.79 Å². The summed E-state index contributed by atoms with van der Waals surface area (Å²) in [4.78, 5) is 35.2. The Morgan fingerprint density at radius 3 is 2.31 bits per heavy atom. The molecule has 0 radical (unpaired) electrons. The van der Waals surface area contributed by atoms with Crippen molar-refractivity contribution in [3.05, 3.63) is 59.1 Å². The van der Waals surface area contributed by atoms with E-state index in [9.17, 15) is 14.4 Å². The van der Waals surface area contributed by atoms with Crippen molar-refractivity contribution in [1.82, 2.24) is 10.6 Å². The van der Waals surface area contributed by atoms with Crippen LogP contribution in [0.15, 0.2) is 48.5 Å². The third-order valence-electron chi connectivity index (χ3n) is 5.22. The number of carbonyl (C=O) groups excluding carboxylic acids is 2. The average Bonchev–Trinajstić information content (AvgIpc) is 2.77. The number of hydrogen-bond donors (Lipinski definition) is 4. The molecule has 4 N–H and O–H groups in total. The Kier molecular flexibility index (Phi) is 8.33. The number of halogens is 1. The summed E-state index contributed by atoms with van der Waals surface area (Å²) in [6.45, 7) is 0.533. The summed E-state index contributed by atoms with van der Waals surface area (Å²) in [6.07, 6.45) is 2.64. The van der Waals surface area contributed by atoms with Crippen LogP contribution in [0.1, 0.15) is 36.0 Å². The zero-order chi connectivity index (χ0) is 22.9. The largest absolute Gasteiger partial charge is 0.490 e. The van der Waals surface area contributed by atoms with Crippen LogP contribution in [0, 0.1) is 5.92 Å². The van der Waals surface area contributed by atoms with Crippen molar-refractivity contribution < 1.29 is 24.2 Å². The summed E-state index contributed by atoms with van der Waals surface area (Å²) in [5.41, 5.74) is 1.06. The molecular formula is C23H26ClN3O5. The van der Waals surface area contributed by atoms with Crippen LogP contribution in [0.4, 0.5) is 10.5 Å². The van der Waals surface area contributed by atoms with Gasteiger partial charge < -0.3 is 25.8 Å². The van der Waals surface area contributed by atoms with E-state index in [1.807, 2.05) is 0 Å². The molecule has 0 bridgehead atoms. The molecule has 0 atom stereocenters. The average molecular weight is 460 g/mol. The summed E-state index contributed by atoms with van der Waals surface area (Å²) in [5.74, 6) is -0.621. The van der Waals surface area contributed by atoms with Crippen LogP contribution in [0.3, 0.4) is 0 Å². The fourth-order valence-electron chi connectivity index (χ4n) is 3.50. The van der Waals surface area contributed by atoms with Gasteiger partial charge in [0.15, 0.2) is 0 Å². The van der Waals surface area contributed by atoms with Gasteiger partial charge in [0.2, 0.25) is 0 Å². The van der Waals surface area contributed by atoms with Gasteiger partial charge in [0.25, 0.3) is 5.91 Å². The summed E-state index contributed by atoms with van der Waals surface area (Å²) in [7, 11) is 0. The van der Waals surface area contributed by atoms with E-state index < -0.39 is 5.97 Å². The molecular weight excluding hydrogens is 434 g/mol. The predicted octanol–water partition coefficient (Wildman–Crippen LogP) is 3.91. The number of rotatable bonds is 8. The number of hydrogen-bond acceptors (Lipinski definition) is 4. The Balaban J connectivity index is 1.35. The molecule has 3 rings (SSSR count). The fraction of sp³-hybridized carbons (Fsp3) is 0.348. The Morgan fingerprint density at radius 2 is 1.66 bits per heavy atom. The number of carboxylic acid groups (broad SMARTS) is 1. The zero-order valence-corrected chi connectivity index (χ0v) is 18.2. The monoisotopic (exact) mass is 459 g/mol. The van der Waals surface area contributed by atoms with Crippen molar-refractivity contribution in [2.75, 3.05) is 18.4 Å². The molecule has 1 saturated carbocycles. The van der Waals surface area contributed by atoms with Gasteiger partial charge >= 0.3 is 12.0 Å². The second-order valence-electron chi connectivity index (χ2n) is 7.60. The van der Waals surface area contributed by atoms with Gasteiger partial charge in [-0.2, -0.15) is 0 Å². The van der Waals surface area contributed by atoms with E-state index >= 15 is 0 Å². The van der Waals surface area contributed by atoms with E-state index in [2.05, 4.69) is 16.0 Å². The third-order valence-corrected chi connectivity index (χ3v) is 5.46. The highest BCUT2D eigenvalue weighted by molar-refractivity contribution is 6.30. The number of ether oxygens (including phenoxy) is 1. The molecule has 2 aromatic carbocycles. The first-order valence-corrected chi connectivity index (χ1v) is 10.9. The molecule has 0 aliphatic heterocycles. The smallest absolute Gasteiger partial charge is 0.319 e.